The van der Waals surface area contributed by atoms with Crippen LogP contribution in [0.2, 0.25) is 0 Å². The van der Waals surface area contributed by atoms with Crippen LogP contribution in [-0.4, -0.2) is 39.7 Å². The molecule has 4 rings (SSSR count). The van der Waals surface area contributed by atoms with Crippen LogP contribution in [0.5, 0.6) is 11.5 Å². The SMILES string of the molecule is O=S(=O)(NC[C@H](c1ccc2c(c1)OCO2)N1CCCC1)c1cccs1. The van der Waals surface area contributed by atoms with E-state index in [-0.39, 0.29) is 12.8 Å². The number of nitrogens with one attached hydrogen (secondary N) is 1. The monoisotopic (exact) mass is 380 g/mol. The maximum atomic E-state index is 12.5. The van der Waals surface area contributed by atoms with E-state index in [2.05, 4.69) is 9.62 Å². The van der Waals surface area contributed by atoms with Crippen molar-refractivity contribution in [1.82, 2.24) is 9.62 Å². The van der Waals surface area contributed by atoms with E-state index in [0.29, 0.717) is 10.8 Å². The molecule has 1 aromatic heterocycles. The zero-order chi connectivity index (χ0) is 17.3. The molecule has 0 aliphatic carbocycles. The lowest BCUT2D eigenvalue weighted by Crippen LogP contribution is -2.36. The summed E-state index contributed by atoms with van der Waals surface area (Å²) in [5, 5.41) is 1.77. The topological polar surface area (TPSA) is 67.9 Å². The zero-order valence-electron chi connectivity index (χ0n) is 13.7. The Kier molecular flexibility index (Phi) is 4.68. The van der Waals surface area contributed by atoms with Crippen LogP contribution in [0.15, 0.2) is 39.9 Å². The molecule has 8 heteroatoms. The van der Waals surface area contributed by atoms with E-state index >= 15 is 0 Å². The Bertz CT molecular complexity index is 830. The van der Waals surface area contributed by atoms with Gasteiger partial charge in [-0.2, -0.15) is 0 Å². The average molecular weight is 380 g/mol. The van der Waals surface area contributed by atoms with E-state index in [4.69, 9.17) is 9.47 Å². The van der Waals surface area contributed by atoms with Crippen molar-refractivity contribution in [2.75, 3.05) is 26.4 Å². The minimum Gasteiger partial charge on any atom is -0.454 e. The number of rotatable bonds is 6. The minimum absolute atomic E-state index is 0.0215. The molecule has 0 saturated carbocycles. The molecule has 134 valence electrons. The number of benzene rings is 1. The van der Waals surface area contributed by atoms with Gasteiger partial charge in [-0.3, -0.25) is 4.90 Å². The van der Waals surface area contributed by atoms with Crippen molar-refractivity contribution in [3.05, 3.63) is 41.3 Å². The smallest absolute Gasteiger partial charge is 0.250 e. The molecule has 1 aromatic carbocycles. The van der Waals surface area contributed by atoms with Gasteiger partial charge in [0.1, 0.15) is 4.21 Å². The van der Waals surface area contributed by atoms with Gasteiger partial charge in [0.2, 0.25) is 16.8 Å². The minimum atomic E-state index is -3.48. The van der Waals surface area contributed by atoms with E-state index in [0.717, 1.165) is 43.0 Å². The number of sulfonamides is 1. The summed E-state index contributed by atoms with van der Waals surface area (Å²) in [5.74, 6) is 1.46. The van der Waals surface area contributed by atoms with Gasteiger partial charge in [0.05, 0.1) is 0 Å². The third kappa shape index (κ3) is 3.52. The van der Waals surface area contributed by atoms with E-state index in [1.165, 1.54) is 11.3 Å². The highest BCUT2D eigenvalue weighted by Gasteiger charge is 2.27. The van der Waals surface area contributed by atoms with Gasteiger partial charge in [-0.1, -0.05) is 12.1 Å². The van der Waals surface area contributed by atoms with Gasteiger partial charge in [-0.25, -0.2) is 13.1 Å². The summed E-state index contributed by atoms with van der Waals surface area (Å²) in [5.41, 5.74) is 1.04. The summed E-state index contributed by atoms with van der Waals surface area (Å²) in [4.78, 5) is 2.33. The van der Waals surface area contributed by atoms with Crippen LogP contribution >= 0.6 is 11.3 Å². The van der Waals surface area contributed by atoms with Crippen LogP contribution in [0.3, 0.4) is 0 Å². The fraction of sp³-hybridized carbons (Fsp3) is 0.412. The van der Waals surface area contributed by atoms with Crippen LogP contribution in [0, 0.1) is 0 Å². The number of nitrogens with zero attached hydrogens (tertiary/aromatic N) is 1. The van der Waals surface area contributed by atoms with Crippen LogP contribution in [-0.2, 0) is 10.0 Å². The predicted octanol–water partition coefficient (Wildman–Crippen LogP) is 2.59. The van der Waals surface area contributed by atoms with Crippen LogP contribution in [0.25, 0.3) is 0 Å². The lowest BCUT2D eigenvalue weighted by molar-refractivity contribution is 0.173. The van der Waals surface area contributed by atoms with Gasteiger partial charge in [-0.05, 0) is 55.1 Å². The van der Waals surface area contributed by atoms with Crippen LogP contribution < -0.4 is 14.2 Å². The van der Waals surface area contributed by atoms with Crippen molar-refractivity contribution in [3.63, 3.8) is 0 Å². The van der Waals surface area contributed by atoms with Crippen molar-refractivity contribution < 1.29 is 17.9 Å². The second kappa shape index (κ2) is 6.95. The Labute approximate surface area is 151 Å². The lowest BCUT2D eigenvalue weighted by atomic mass is 10.1. The standard InChI is InChI=1S/C17H20N2O4S2/c20-25(21,17-4-3-9-24-17)18-11-14(19-7-1-2-8-19)13-5-6-15-16(10-13)23-12-22-15/h3-6,9-10,14,18H,1-2,7-8,11-12H2/t14-/m1/s1. The molecule has 6 nitrogen and oxygen atoms in total. The van der Waals surface area contributed by atoms with Crippen LogP contribution in [0.1, 0.15) is 24.4 Å². The molecule has 0 bridgehead atoms. The largest absolute Gasteiger partial charge is 0.454 e. The number of hydrogen-bond acceptors (Lipinski definition) is 6. The molecular formula is C17H20N2O4S2. The molecular weight excluding hydrogens is 360 g/mol. The normalized spacial score (nSPS) is 18.6. The quantitative estimate of drug-likeness (QED) is 0.834. The molecule has 1 fully saturated rings. The number of fused-ring (bicyclic) bond motifs is 1. The fourth-order valence-electron chi connectivity index (χ4n) is 3.31. The Hall–Kier alpha value is -1.61. The first-order valence-electron chi connectivity index (χ1n) is 8.30. The molecule has 0 unspecified atom stereocenters. The molecule has 1 saturated heterocycles. The Morgan fingerprint density at radius 1 is 1.16 bits per heavy atom. The maximum absolute atomic E-state index is 12.5. The van der Waals surface area contributed by atoms with Gasteiger partial charge in [-0.15, -0.1) is 11.3 Å². The van der Waals surface area contributed by atoms with Crippen molar-refractivity contribution in [1.29, 1.82) is 0 Å². The first-order chi connectivity index (χ1) is 12.1. The molecule has 1 atom stereocenters. The predicted molar refractivity (Wildman–Crippen MR) is 95.6 cm³/mol. The molecule has 1 N–H and O–H groups in total. The lowest BCUT2D eigenvalue weighted by Gasteiger charge is -2.28. The average Bonchev–Trinajstić information content (AvgIpc) is 3.36. The summed E-state index contributed by atoms with van der Waals surface area (Å²) < 4.78 is 38.9. The summed E-state index contributed by atoms with van der Waals surface area (Å²) in [7, 11) is -3.48. The first kappa shape index (κ1) is 16.8. The Morgan fingerprint density at radius 2 is 1.96 bits per heavy atom. The molecule has 0 spiro atoms. The van der Waals surface area contributed by atoms with Gasteiger partial charge in [0.25, 0.3) is 0 Å². The van der Waals surface area contributed by atoms with E-state index < -0.39 is 10.0 Å². The summed E-state index contributed by atoms with van der Waals surface area (Å²) in [6.07, 6.45) is 2.28. The molecule has 3 heterocycles. The number of likely N-dealkylation sites (tertiary alicyclic amines) is 1. The van der Waals surface area contributed by atoms with Crippen molar-refractivity contribution in [2.24, 2.45) is 0 Å². The second-order valence-corrected chi connectivity index (χ2v) is 9.10. The number of thiophene rings is 1. The van der Waals surface area contributed by atoms with E-state index in [9.17, 15) is 8.42 Å². The zero-order valence-corrected chi connectivity index (χ0v) is 15.3. The molecule has 0 amide bonds. The Morgan fingerprint density at radius 3 is 2.72 bits per heavy atom. The molecule has 2 aliphatic heterocycles. The van der Waals surface area contributed by atoms with E-state index in [1.807, 2.05) is 18.2 Å². The highest BCUT2D eigenvalue weighted by molar-refractivity contribution is 7.91. The highest BCUT2D eigenvalue weighted by Crippen LogP contribution is 2.36. The fourth-order valence-corrected chi connectivity index (χ4v) is 5.38. The van der Waals surface area contributed by atoms with E-state index in [1.54, 1.807) is 17.5 Å². The Balaban J connectivity index is 1.56. The second-order valence-electron chi connectivity index (χ2n) is 6.16. The molecule has 2 aromatic rings. The molecule has 0 radical (unpaired) electrons. The summed E-state index contributed by atoms with van der Waals surface area (Å²) >= 11 is 1.23. The van der Waals surface area contributed by atoms with Gasteiger partial charge >= 0.3 is 0 Å². The van der Waals surface area contributed by atoms with Crippen LogP contribution in [0.4, 0.5) is 0 Å². The first-order valence-corrected chi connectivity index (χ1v) is 10.7. The molecule has 25 heavy (non-hydrogen) atoms. The maximum Gasteiger partial charge on any atom is 0.250 e. The highest BCUT2D eigenvalue weighted by atomic mass is 32.2. The molecule has 2 aliphatic rings. The van der Waals surface area contributed by atoms with Crippen molar-refractivity contribution in [2.45, 2.75) is 23.1 Å². The third-order valence-electron chi connectivity index (χ3n) is 4.59. The number of hydrogen-bond donors (Lipinski definition) is 1. The third-order valence-corrected chi connectivity index (χ3v) is 7.41. The number of ether oxygens (including phenoxy) is 2. The van der Waals surface area contributed by atoms with Crippen molar-refractivity contribution >= 4 is 21.4 Å². The van der Waals surface area contributed by atoms with Gasteiger partial charge in [0.15, 0.2) is 11.5 Å². The summed E-state index contributed by atoms with van der Waals surface area (Å²) in [6.45, 7) is 2.51. The van der Waals surface area contributed by atoms with Gasteiger partial charge in [0, 0.05) is 12.6 Å². The van der Waals surface area contributed by atoms with Crippen molar-refractivity contribution in [3.8, 4) is 11.5 Å². The summed E-state index contributed by atoms with van der Waals surface area (Å²) in [6, 6.07) is 9.20. The van der Waals surface area contributed by atoms with Gasteiger partial charge < -0.3 is 9.47 Å².